The molecule has 0 amide bonds. The van der Waals surface area contributed by atoms with Crippen LogP contribution >= 0.6 is 11.3 Å². The van der Waals surface area contributed by atoms with E-state index in [-0.39, 0.29) is 5.92 Å². The first-order chi connectivity index (χ1) is 8.20. The topological polar surface area (TPSA) is 37.3 Å². The minimum Gasteiger partial charge on any atom is -0.481 e. The van der Waals surface area contributed by atoms with Gasteiger partial charge < -0.3 is 5.11 Å². The van der Waals surface area contributed by atoms with Gasteiger partial charge in [-0.25, -0.2) is 0 Å². The van der Waals surface area contributed by atoms with E-state index in [1.54, 1.807) is 0 Å². The van der Waals surface area contributed by atoms with E-state index in [2.05, 4.69) is 25.1 Å². The molecule has 1 atom stereocenters. The lowest BCUT2D eigenvalue weighted by molar-refractivity contribution is -0.141. The third kappa shape index (κ3) is 2.97. The van der Waals surface area contributed by atoms with Crippen LogP contribution < -0.4 is 0 Å². The number of aliphatic carboxylic acids is 1. The minimum atomic E-state index is -0.668. The molecule has 1 aromatic heterocycles. The van der Waals surface area contributed by atoms with Crippen LogP contribution in [0.1, 0.15) is 42.4 Å². The first-order valence-electron chi connectivity index (χ1n) is 6.21. The number of hydrogen-bond acceptors (Lipinski definition) is 2. The number of allylic oxidation sites excluding steroid dienone is 2. The Balaban J connectivity index is 1.99. The van der Waals surface area contributed by atoms with Crippen LogP contribution in [0, 0.1) is 5.92 Å². The van der Waals surface area contributed by atoms with Gasteiger partial charge in [-0.3, -0.25) is 4.79 Å². The first-order valence-corrected chi connectivity index (χ1v) is 7.03. The van der Waals surface area contributed by atoms with Crippen molar-refractivity contribution in [1.29, 1.82) is 0 Å². The summed E-state index contributed by atoms with van der Waals surface area (Å²) < 4.78 is 0. The van der Waals surface area contributed by atoms with Crippen LogP contribution in [-0.2, 0) is 11.2 Å². The van der Waals surface area contributed by atoms with E-state index in [4.69, 9.17) is 5.11 Å². The van der Waals surface area contributed by atoms with Gasteiger partial charge in [0.2, 0.25) is 0 Å². The Morgan fingerprint density at radius 2 is 2.35 bits per heavy atom. The van der Waals surface area contributed by atoms with Gasteiger partial charge in [0, 0.05) is 9.75 Å². The molecule has 1 unspecified atom stereocenters. The number of carboxylic acids is 1. The van der Waals surface area contributed by atoms with Crippen LogP contribution in [0.25, 0.3) is 5.57 Å². The highest BCUT2D eigenvalue weighted by Gasteiger charge is 2.24. The molecule has 0 saturated carbocycles. The maximum atomic E-state index is 10.9. The Kier molecular flexibility index (Phi) is 4.00. The molecular weight excluding hydrogens is 232 g/mol. The summed E-state index contributed by atoms with van der Waals surface area (Å²) >= 11 is 1.82. The van der Waals surface area contributed by atoms with Gasteiger partial charge in [-0.1, -0.05) is 19.4 Å². The number of unbranched alkanes of at least 4 members (excludes halogenated alkanes) is 1. The number of carboxylic acid groups (broad SMARTS) is 1. The molecule has 0 saturated heterocycles. The largest absolute Gasteiger partial charge is 0.481 e. The quantitative estimate of drug-likeness (QED) is 0.858. The molecule has 0 spiro atoms. The number of rotatable bonds is 5. The molecule has 1 N–H and O–H groups in total. The summed E-state index contributed by atoms with van der Waals surface area (Å²) in [5.41, 5.74) is 1.23. The van der Waals surface area contributed by atoms with E-state index >= 15 is 0 Å². The monoisotopic (exact) mass is 250 g/mol. The fourth-order valence-electron chi connectivity index (χ4n) is 2.14. The molecule has 0 aliphatic heterocycles. The van der Waals surface area contributed by atoms with Crippen molar-refractivity contribution in [1.82, 2.24) is 0 Å². The molecule has 0 bridgehead atoms. The van der Waals surface area contributed by atoms with Crippen molar-refractivity contribution in [3.63, 3.8) is 0 Å². The third-order valence-corrected chi connectivity index (χ3v) is 4.44. The first kappa shape index (κ1) is 12.4. The van der Waals surface area contributed by atoms with E-state index in [0.29, 0.717) is 12.8 Å². The average Bonchev–Trinajstić information content (AvgIpc) is 2.94. The Labute approximate surface area is 106 Å². The molecule has 0 aromatic carbocycles. The summed E-state index contributed by atoms with van der Waals surface area (Å²) in [5, 5.41) is 8.97. The van der Waals surface area contributed by atoms with Gasteiger partial charge in [0.15, 0.2) is 0 Å². The van der Waals surface area contributed by atoms with Crippen LogP contribution in [0.4, 0.5) is 0 Å². The second-order valence-corrected chi connectivity index (χ2v) is 5.74. The van der Waals surface area contributed by atoms with Gasteiger partial charge in [-0.05, 0) is 43.4 Å². The second kappa shape index (κ2) is 5.50. The highest BCUT2D eigenvalue weighted by molar-refractivity contribution is 7.13. The zero-order valence-corrected chi connectivity index (χ0v) is 10.9. The van der Waals surface area contributed by atoms with Crippen molar-refractivity contribution < 1.29 is 9.90 Å². The zero-order valence-electron chi connectivity index (χ0n) is 10.1. The van der Waals surface area contributed by atoms with Gasteiger partial charge in [0.05, 0.1) is 5.92 Å². The lowest BCUT2D eigenvalue weighted by Crippen LogP contribution is -2.09. The molecule has 1 aliphatic rings. The van der Waals surface area contributed by atoms with Gasteiger partial charge >= 0.3 is 5.97 Å². The molecule has 0 radical (unpaired) electrons. The normalized spacial score (nSPS) is 19.4. The second-order valence-electron chi connectivity index (χ2n) is 4.57. The molecule has 3 heteroatoms. The van der Waals surface area contributed by atoms with Crippen LogP contribution in [0.5, 0.6) is 0 Å². The Morgan fingerprint density at radius 1 is 1.53 bits per heavy atom. The Morgan fingerprint density at radius 3 is 3.00 bits per heavy atom. The summed E-state index contributed by atoms with van der Waals surface area (Å²) in [6.07, 6.45) is 7.08. The van der Waals surface area contributed by atoms with Crippen molar-refractivity contribution in [2.75, 3.05) is 0 Å². The number of aryl methyl sites for hydroxylation is 1. The summed E-state index contributed by atoms with van der Waals surface area (Å²) in [4.78, 5) is 13.6. The SMILES string of the molecule is CCCCc1ccc(C2=CCC(C(=O)O)C2)s1. The Bertz CT molecular complexity index is 431. The van der Waals surface area contributed by atoms with Crippen molar-refractivity contribution in [3.05, 3.63) is 28.0 Å². The zero-order chi connectivity index (χ0) is 12.3. The van der Waals surface area contributed by atoms with Gasteiger partial charge in [-0.2, -0.15) is 0 Å². The van der Waals surface area contributed by atoms with Crippen molar-refractivity contribution >= 4 is 22.9 Å². The van der Waals surface area contributed by atoms with Crippen molar-refractivity contribution in [2.24, 2.45) is 5.92 Å². The van der Waals surface area contributed by atoms with E-state index in [0.717, 1.165) is 6.42 Å². The maximum Gasteiger partial charge on any atom is 0.307 e. The van der Waals surface area contributed by atoms with E-state index in [9.17, 15) is 4.79 Å². The molecule has 17 heavy (non-hydrogen) atoms. The molecule has 0 fully saturated rings. The lowest BCUT2D eigenvalue weighted by atomic mass is 10.1. The summed E-state index contributed by atoms with van der Waals surface area (Å²) in [6, 6.07) is 4.33. The lowest BCUT2D eigenvalue weighted by Gasteiger charge is -2.02. The molecule has 92 valence electrons. The molecule has 1 aromatic rings. The fourth-order valence-corrected chi connectivity index (χ4v) is 3.24. The standard InChI is InChI=1S/C14H18O2S/c1-2-3-4-12-7-8-13(17-12)10-5-6-11(9-10)14(15)16/h5,7-8,11H,2-4,6,9H2,1H3,(H,15,16). The molecular formula is C14H18O2S. The number of carbonyl (C=O) groups is 1. The number of thiophene rings is 1. The van der Waals surface area contributed by atoms with Crippen LogP contribution in [0.3, 0.4) is 0 Å². The number of hydrogen-bond donors (Lipinski definition) is 1. The molecule has 1 aliphatic carbocycles. The third-order valence-electron chi connectivity index (χ3n) is 3.22. The van der Waals surface area contributed by atoms with Crippen molar-refractivity contribution in [3.8, 4) is 0 Å². The minimum absolute atomic E-state index is 0.203. The van der Waals surface area contributed by atoms with Crippen LogP contribution in [0.15, 0.2) is 18.2 Å². The highest BCUT2D eigenvalue weighted by atomic mass is 32.1. The van der Waals surface area contributed by atoms with Crippen LogP contribution in [0.2, 0.25) is 0 Å². The highest BCUT2D eigenvalue weighted by Crippen LogP contribution is 2.36. The van der Waals surface area contributed by atoms with Gasteiger partial charge in [-0.15, -0.1) is 11.3 Å². The predicted molar refractivity (Wildman–Crippen MR) is 71.3 cm³/mol. The molecule has 1 heterocycles. The smallest absolute Gasteiger partial charge is 0.307 e. The van der Waals surface area contributed by atoms with E-state index < -0.39 is 5.97 Å². The summed E-state index contributed by atoms with van der Waals surface area (Å²) in [6.45, 7) is 2.20. The van der Waals surface area contributed by atoms with Crippen LogP contribution in [-0.4, -0.2) is 11.1 Å². The van der Waals surface area contributed by atoms with E-state index in [1.165, 1.54) is 28.2 Å². The summed E-state index contributed by atoms with van der Waals surface area (Å²) in [7, 11) is 0. The van der Waals surface area contributed by atoms with Gasteiger partial charge in [0.25, 0.3) is 0 Å². The van der Waals surface area contributed by atoms with Crippen molar-refractivity contribution in [2.45, 2.75) is 39.0 Å². The maximum absolute atomic E-state index is 10.9. The van der Waals surface area contributed by atoms with Gasteiger partial charge in [0.1, 0.15) is 0 Å². The Hall–Kier alpha value is -1.09. The van der Waals surface area contributed by atoms with E-state index in [1.807, 2.05) is 11.3 Å². The average molecular weight is 250 g/mol. The predicted octanol–water partition coefficient (Wildman–Crippen LogP) is 3.97. The fraction of sp³-hybridized carbons (Fsp3) is 0.500. The molecule has 2 rings (SSSR count). The molecule has 2 nitrogen and oxygen atoms in total. The summed E-state index contributed by atoms with van der Waals surface area (Å²) in [5.74, 6) is -0.870.